The molecule has 4 nitrogen and oxygen atoms in total. The van der Waals surface area contributed by atoms with Crippen molar-refractivity contribution in [2.24, 2.45) is 5.41 Å². The van der Waals surface area contributed by atoms with Gasteiger partial charge < -0.3 is 5.32 Å². The Morgan fingerprint density at radius 1 is 1.29 bits per heavy atom. The van der Waals surface area contributed by atoms with Gasteiger partial charge >= 0.3 is 0 Å². The fraction of sp³-hybridized carbons (Fsp3) is 1.00. The van der Waals surface area contributed by atoms with Crippen LogP contribution in [0.2, 0.25) is 0 Å². The van der Waals surface area contributed by atoms with Crippen LogP contribution in [0.5, 0.6) is 0 Å². The third kappa shape index (κ3) is 7.01. The largest absolute Gasteiger partial charge is 0.313 e. The van der Waals surface area contributed by atoms with Crippen molar-refractivity contribution < 1.29 is 8.42 Å². The van der Waals surface area contributed by atoms with Crippen molar-refractivity contribution in [2.45, 2.75) is 52.5 Å². The molecule has 0 amide bonds. The van der Waals surface area contributed by atoms with Crippen molar-refractivity contribution in [1.82, 2.24) is 10.0 Å². The first-order valence-electron chi connectivity index (χ1n) is 6.49. The van der Waals surface area contributed by atoms with Gasteiger partial charge in [-0.2, -0.15) is 0 Å². The predicted molar refractivity (Wildman–Crippen MR) is 71.5 cm³/mol. The summed E-state index contributed by atoms with van der Waals surface area (Å²) in [4.78, 5) is 0. The number of hydrogen-bond acceptors (Lipinski definition) is 3. The van der Waals surface area contributed by atoms with Crippen LogP contribution < -0.4 is 10.0 Å². The molecule has 1 unspecified atom stereocenters. The molecule has 0 radical (unpaired) electrons. The summed E-state index contributed by atoms with van der Waals surface area (Å²) >= 11 is 0. The minimum atomic E-state index is -3.12. The van der Waals surface area contributed by atoms with Crippen LogP contribution in [0.3, 0.4) is 0 Å². The summed E-state index contributed by atoms with van der Waals surface area (Å²) in [5.41, 5.74) is 0.172. The third-order valence-corrected chi connectivity index (χ3v) is 4.52. The quantitative estimate of drug-likeness (QED) is 0.789. The SMILES string of the molecule is CC(C)(C)CCNS(=O)(=O)CC1CCCCN1. The summed E-state index contributed by atoms with van der Waals surface area (Å²) in [5, 5.41) is 3.26. The second kappa shape index (κ2) is 6.16. The summed E-state index contributed by atoms with van der Waals surface area (Å²) < 4.78 is 26.4. The molecule has 1 aliphatic rings. The van der Waals surface area contributed by atoms with E-state index in [2.05, 4.69) is 30.8 Å². The average Bonchev–Trinajstić information content (AvgIpc) is 2.15. The van der Waals surface area contributed by atoms with Gasteiger partial charge in [0, 0.05) is 12.6 Å². The molecular formula is C12H26N2O2S. The second-order valence-electron chi connectivity index (χ2n) is 6.13. The lowest BCUT2D eigenvalue weighted by Crippen LogP contribution is -2.43. The van der Waals surface area contributed by atoms with Crippen molar-refractivity contribution in [2.75, 3.05) is 18.8 Å². The number of rotatable bonds is 5. The molecule has 0 aromatic carbocycles. The van der Waals surface area contributed by atoms with Gasteiger partial charge in [0.05, 0.1) is 5.75 Å². The fourth-order valence-corrected chi connectivity index (χ4v) is 3.32. The van der Waals surface area contributed by atoms with Crippen LogP contribution in [-0.2, 0) is 10.0 Å². The van der Waals surface area contributed by atoms with Crippen LogP contribution in [0.1, 0.15) is 46.5 Å². The van der Waals surface area contributed by atoms with E-state index in [0.717, 1.165) is 32.2 Å². The van der Waals surface area contributed by atoms with Crippen molar-refractivity contribution in [3.63, 3.8) is 0 Å². The van der Waals surface area contributed by atoms with Crippen LogP contribution in [-0.4, -0.2) is 33.3 Å². The molecule has 0 spiro atoms. The van der Waals surface area contributed by atoms with Gasteiger partial charge in [-0.05, 0) is 31.2 Å². The lowest BCUT2D eigenvalue weighted by molar-refractivity contribution is 0.377. The van der Waals surface area contributed by atoms with E-state index in [1.54, 1.807) is 0 Å². The van der Waals surface area contributed by atoms with Crippen molar-refractivity contribution in [3.8, 4) is 0 Å². The molecule has 1 saturated heterocycles. The summed E-state index contributed by atoms with van der Waals surface area (Å²) in [6.07, 6.45) is 4.13. The minimum Gasteiger partial charge on any atom is -0.313 e. The first kappa shape index (κ1) is 14.9. The topological polar surface area (TPSA) is 58.2 Å². The maximum atomic E-state index is 11.8. The molecule has 102 valence electrons. The van der Waals surface area contributed by atoms with Crippen LogP contribution in [0, 0.1) is 5.41 Å². The van der Waals surface area contributed by atoms with Crippen LogP contribution in [0.4, 0.5) is 0 Å². The van der Waals surface area contributed by atoms with E-state index in [1.807, 2.05) is 0 Å². The molecular weight excluding hydrogens is 236 g/mol. The third-order valence-electron chi connectivity index (χ3n) is 3.03. The number of hydrogen-bond donors (Lipinski definition) is 2. The highest BCUT2D eigenvalue weighted by Crippen LogP contribution is 2.17. The second-order valence-corrected chi connectivity index (χ2v) is 7.98. The van der Waals surface area contributed by atoms with E-state index in [9.17, 15) is 8.42 Å². The summed E-state index contributed by atoms with van der Waals surface area (Å²) in [5.74, 6) is 0.219. The molecule has 1 atom stereocenters. The van der Waals surface area contributed by atoms with Crippen LogP contribution >= 0.6 is 0 Å². The molecule has 5 heteroatoms. The Kier molecular flexibility index (Phi) is 5.41. The highest BCUT2D eigenvalue weighted by Gasteiger charge is 2.21. The molecule has 0 aromatic rings. The molecule has 1 rings (SSSR count). The van der Waals surface area contributed by atoms with Crippen molar-refractivity contribution in [1.29, 1.82) is 0 Å². The Balaban J connectivity index is 2.30. The first-order chi connectivity index (χ1) is 7.79. The van der Waals surface area contributed by atoms with Crippen LogP contribution in [0.25, 0.3) is 0 Å². The van der Waals surface area contributed by atoms with E-state index in [-0.39, 0.29) is 17.2 Å². The van der Waals surface area contributed by atoms with Gasteiger partial charge in [0.15, 0.2) is 0 Å². The Hall–Kier alpha value is -0.130. The normalized spacial score (nSPS) is 22.6. The highest BCUT2D eigenvalue weighted by molar-refractivity contribution is 7.89. The average molecular weight is 262 g/mol. The van der Waals surface area contributed by atoms with Gasteiger partial charge in [0.25, 0.3) is 0 Å². The molecule has 0 aliphatic carbocycles. The van der Waals surface area contributed by atoms with E-state index >= 15 is 0 Å². The molecule has 17 heavy (non-hydrogen) atoms. The van der Waals surface area contributed by atoms with Gasteiger partial charge in [0.1, 0.15) is 0 Å². The maximum absolute atomic E-state index is 11.8. The number of nitrogens with one attached hydrogen (secondary N) is 2. The van der Waals surface area contributed by atoms with Crippen molar-refractivity contribution in [3.05, 3.63) is 0 Å². The Labute approximate surface area is 106 Å². The van der Waals surface area contributed by atoms with E-state index in [0.29, 0.717) is 6.54 Å². The van der Waals surface area contributed by atoms with Gasteiger partial charge in [0.2, 0.25) is 10.0 Å². The molecule has 1 fully saturated rings. The van der Waals surface area contributed by atoms with E-state index in [4.69, 9.17) is 0 Å². The molecule has 1 aliphatic heterocycles. The Morgan fingerprint density at radius 2 is 2.00 bits per heavy atom. The molecule has 0 aromatic heterocycles. The standard InChI is InChI=1S/C12H26N2O2S/c1-12(2,3)7-9-14-17(15,16)10-11-6-4-5-8-13-11/h11,13-14H,4-10H2,1-3H3. The first-order valence-corrected chi connectivity index (χ1v) is 8.14. The number of sulfonamides is 1. The zero-order valence-corrected chi connectivity index (χ0v) is 12.1. The molecule has 0 saturated carbocycles. The van der Waals surface area contributed by atoms with Gasteiger partial charge in [-0.15, -0.1) is 0 Å². The summed E-state index contributed by atoms with van der Waals surface area (Å²) in [6, 6.07) is 0.135. The monoisotopic (exact) mass is 262 g/mol. The minimum absolute atomic E-state index is 0.135. The summed E-state index contributed by atoms with van der Waals surface area (Å²) in [7, 11) is -3.12. The zero-order valence-electron chi connectivity index (χ0n) is 11.3. The molecule has 1 heterocycles. The van der Waals surface area contributed by atoms with E-state index in [1.165, 1.54) is 0 Å². The number of piperidine rings is 1. The highest BCUT2D eigenvalue weighted by atomic mass is 32.2. The summed E-state index contributed by atoms with van der Waals surface area (Å²) in [6.45, 7) is 7.83. The molecule has 0 bridgehead atoms. The fourth-order valence-electron chi connectivity index (χ4n) is 1.97. The Morgan fingerprint density at radius 3 is 2.53 bits per heavy atom. The van der Waals surface area contributed by atoms with Crippen LogP contribution in [0.15, 0.2) is 0 Å². The smallest absolute Gasteiger partial charge is 0.213 e. The van der Waals surface area contributed by atoms with Gasteiger partial charge in [-0.3, -0.25) is 0 Å². The zero-order chi connectivity index (χ0) is 12.9. The lowest BCUT2D eigenvalue weighted by atomic mass is 9.93. The maximum Gasteiger partial charge on any atom is 0.213 e. The molecule has 2 N–H and O–H groups in total. The van der Waals surface area contributed by atoms with Gasteiger partial charge in [-0.25, -0.2) is 13.1 Å². The Bertz CT molecular complexity index is 314. The van der Waals surface area contributed by atoms with E-state index < -0.39 is 10.0 Å². The predicted octanol–water partition coefficient (Wildman–Crippen LogP) is 1.48. The van der Waals surface area contributed by atoms with Gasteiger partial charge in [-0.1, -0.05) is 27.2 Å². The lowest BCUT2D eigenvalue weighted by Gasteiger charge is -2.24. The van der Waals surface area contributed by atoms with Crippen molar-refractivity contribution >= 4 is 10.0 Å².